The number of aromatic nitrogens is 2. The van der Waals surface area contributed by atoms with Crippen molar-refractivity contribution in [2.24, 2.45) is 5.92 Å². The number of halogens is 1. The molecule has 1 heterocycles. The molecule has 0 aliphatic heterocycles. The minimum atomic E-state index is 0.381. The molecule has 2 rings (SSSR count). The number of nitrogens with zero attached hydrogens (tertiary/aromatic N) is 2. The summed E-state index contributed by atoms with van der Waals surface area (Å²) >= 11 is 3.47. The average Bonchev–Trinajstić information content (AvgIpc) is 2.65. The first-order valence-corrected chi connectivity index (χ1v) is 7.30. The molecule has 1 aromatic heterocycles. The van der Waals surface area contributed by atoms with E-state index in [0.717, 1.165) is 28.3 Å². The van der Waals surface area contributed by atoms with Gasteiger partial charge >= 0.3 is 0 Å². The first-order valence-electron chi connectivity index (χ1n) is 6.51. The van der Waals surface area contributed by atoms with Crippen molar-refractivity contribution in [3.05, 3.63) is 22.7 Å². The van der Waals surface area contributed by atoms with Gasteiger partial charge in [0.1, 0.15) is 0 Å². The number of hydrogen-bond donors (Lipinski definition) is 1. The van der Waals surface area contributed by atoms with Crippen LogP contribution in [0.5, 0.6) is 0 Å². The lowest BCUT2D eigenvalue weighted by Crippen LogP contribution is -2.17. The van der Waals surface area contributed by atoms with Crippen molar-refractivity contribution >= 4 is 32.9 Å². The zero-order valence-corrected chi connectivity index (χ0v) is 12.7. The van der Waals surface area contributed by atoms with Crippen molar-refractivity contribution < 1.29 is 0 Å². The topological polar surface area (TPSA) is 43.8 Å². The second-order valence-electron chi connectivity index (χ2n) is 4.79. The van der Waals surface area contributed by atoms with E-state index in [9.17, 15) is 0 Å². The Labute approximate surface area is 117 Å². The number of imidazole rings is 1. The summed E-state index contributed by atoms with van der Waals surface area (Å²) in [4.78, 5) is 4.46. The van der Waals surface area contributed by atoms with E-state index in [2.05, 4.69) is 52.3 Å². The van der Waals surface area contributed by atoms with E-state index in [-0.39, 0.29) is 0 Å². The maximum absolute atomic E-state index is 6.09. The van der Waals surface area contributed by atoms with Crippen LogP contribution in [0.1, 0.15) is 39.7 Å². The molecular weight excluding hydrogens is 290 g/mol. The first-order chi connectivity index (χ1) is 8.58. The molecule has 2 N–H and O–H groups in total. The molecule has 3 nitrogen and oxygen atoms in total. The molecular formula is C14H20BrN3. The van der Waals surface area contributed by atoms with Crippen molar-refractivity contribution in [2.45, 2.75) is 39.7 Å². The van der Waals surface area contributed by atoms with Gasteiger partial charge in [-0.3, -0.25) is 0 Å². The van der Waals surface area contributed by atoms with Gasteiger partial charge in [0.15, 0.2) is 0 Å². The van der Waals surface area contributed by atoms with E-state index in [0.29, 0.717) is 17.9 Å². The number of anilines is 1. The Balaban J connectivity index is 2.53. The molecule has 2 aromatic rings. The number of nitrogens with two attached hydrogens (primary N) is 1. The lowest BCUT2D eigenvalue weighted by Gasteiger charge is -2.24. The second kappa shape index (κ2) is 5.31. The van der Waals surface area contributed by atoms with Crippen LogP contribution in [-0.4, -0.2) is 9.55 Å². The zero-order valence-electron chi connectivity index (χ0n) is 11.2. The Morgan fingerprint density at radius 3 is 2.61 bits per heavy atom. The third kappa shape index (κ3) is 2.26. The Morgan fingerprint density at radius 1 is 1.33 bits per heavy atom. The number of hydrogen-bond acceptors (Lipinski definition) is 2. The third-order valence-electron chi connectivity index (χ3n) is 3.82. The normalized spacial score (nSPS) is 13.4. The highest BCUT2D eigenvalue weighted by Gasteiger charge is 2.20. The van der Waals surface area contributed by atoms with Crippen molar-refractivity contribution in [1.82, 2.24) is 9.55 Å². The van der Waals surface area contributed by atoms with Crippen LogP contribution >= 0.6 is 15.9 Å². The lowest BCUT2D eigenvalue weighted by atomic mass is 9.95. The van der Waals surface area contributed by atoms with Gasteiger partial charge in [-0.1, -0.05) is 42.6 Å². The molecule has 18 heavy (non-hydrogen) atoms. The maximum Gasteiger partial charge on any atom is 0.201 e. The van der Waals surface area contributed by atoms with Crippen molar-refractivity contribution in [3.63, 3.8) is 0 Å². The summed E-state index contributed by atoms with van der Waals surface area (Å²) in [7, 11) is 0. The Bertz CT molecular complexity index is 543. The Kier molecular flexibility index (Phi) is 3.95. The summed E-state index contributed by atoms with van der Waals surface area (Å²) in [6.45, 7) is 6.70. The third-order valence-corrected chi connectivity index (χ3v) is 4.31. The van der Waals surface area contributed by atoms with Gasteiger partial charge in [0.25, 0.3) is 0 Å². The number of rotatable bonds is 4. The SMILES string of the molecule is CCC(CC)C(C)n1c(N)nc2cc(Br)ccc21. The number of fused-ring (bicyclic) bond motifs is 1. The van der Waals surface area contributed by atoms with Gasteiger partial charge in [-0.15, -0.1) is 0 Å². The fraction of sp³-hybridized carbons (Fsp3) is 0.500. The molecule has 0 fully saturated rings. The fourth-order valence-corrected chi connectivity index (χ4v) is 3.05. The molecule has 0 saturated heterocycles. The van der Waals surface area contributed by atoms with Gasteiger partial charge in [0.2, 0.25) is 5.95 Å². The van der Waals surface area contributed by atoms with Gasteiger partial charge in [-0.2, -0.15) is 0 Å². The Hall–Kier alpha value is -1.03. The molecule has 0 aliphatic rings. The molecule has 0 amide bonds. The van der Waals surface area contributed by atoms with Crippen LogP contribution in [0.2, 0.25) is 0 Å². The Morgan fingerprint density at radius 2 is 2.00 bits per heavy atom. The van der Waals surface area contributed by atoms with E-state index in [1.165, 1.54) is 0 Å². The van der Waals surface area contributed by atoms with Crippen molar-refractivity contribution in [1.29, 1.82) is 0 Å². The summed E-state index contributed by atoms with van der Waals surface area (Å²) in [6, 6.07) is 6.52. The van der Waals surface area contributed by atoms with Gasteiger partial charge < -0.3 is 10.3 Å². The average molecular weight is 310 g/mol. The summed E-state index contributed by atoms with van der Waals surface area (Å²) in [6.07, 6.45) is 2.32. The highest BCUT2D eigenvalue weighted by atomic mass is 79.9. The highest BCUT2D eigenvalue weighted by molar-refractivity contribution is 9.10. The number of benzene rings is 1. The number of nitrogen functional groups attached to an aromatic ring is 1. The predicted octanol–water partition coefficient (Wildman–Crippen LogP) is 4.38. The quantitative estimate of drug-likeness (QED) is 0.911. The molecule has 1 atom stereocenters. The monoisotopic (exact) mass is 309 g/mol. The van der Waals surface area contributed by atoms with Crippen LogP contribution in [-0.2, 0) is 0 Å². The maximum atomic E-state index is 6.09. The van der Waals surface area contributed by atoms with E-state index in [1.807, 2.05) is 12.1 Å². The minimum absolute atomic E-state index is 0.381. The summed E-state index contributed by atoms with van der Waals surface area (Å²) < 4.78 is 3.20. The molecule has 1 aromatic carbocycles. The molecule has 4 heteroatoms. The van der Waals surface area contributed by atoms with E-state index >= 15 is 0 Å². The molecule has 0 aliphatic carbocycles. The molecule has 98 valence electrons. The van der Waals surface area contributed by atoms with Crippen LogP contribution in [0, 0.1) is 5.92 Å². The minimum Gasteiger partial charge on any atom is -0.369 e. The molecule has 0 spiro atoms. The van der Waals surface area contributed by atoms with Crippen LogP contribution in [0.4, 0.5) is 5.95 Å². The lowest BCUT2D eigenvalue weighted by molar-refractivity contribution is 0.342. The van der Waals surface area contributed by atoms with Crippen LogP contribution in [0.15, 0.2) is 22.7 Å². The molecule has 0 radical (unpaired) electrons. The van der Waals surface area contributed by atoms with Gasteiger partial charge in [-0.05, 0) is 31.0 Å². The van der Waals surface area contributed by atoms with Crippen molar-refractivity contribution in [3.8, 4) is 0 Å². The largest absolute Gasteiger partial charge is 0.369 e. The highest BCUT2D eigenvalue weighted by Crippen LogP contribution is 2.31. The van der Waals surface area contributed by atoms with E-state index < -0.39 is 0 Å². The van der Waals surface area contributed by atoms with Crippen molar-refractivity contribution in [2.75, 3.05) is 5.73 Å². The summed E-state index contributed by atoms with van der Waals surface area (Å²) in [5.74, 6) is 1.25. The van der Waals surface area contributed by atoms with Gasteiger partial charge in [0.05, 0.1) is 11.0 Å². The summed E-state index contributed by atoms with van der Waals surface area (Å²) in [5, 5.41) is 0. The second-order valence-corrected chi connectivity index (χ2v) is 5.71. The molecule has 0 saturated carbocycles. The standard InChI is InChI=1S/C14H20BrN3/c1-4-10(5-2)9(3)18-13-7-6-11(15)8-12(13)17-14(18)16/h6-10H,4-5H2,1-3H3,(H2,16,17). The van der Waals surface area contributed by atoms with Gasteiger partial charge in [0, 0.05) is 10.5 Å². The zero-order chi connectivity index (χ0) is 13.3. The summed E-state index contributed by atoms with van der Waals surface area (Å²) in [5.41, 5.74) is 8.17. The van der Waals surface area contributed by atoms with Crippen LogP contribution in [0.3, 0.4) is 0 Å². The van der Waals surface area contributed by atoms with E-state index in [1.54, 1.807) is 0 Å². The predicted molar refractivity (Wildman–Crippen MR) is 80.6 cm³/mol. The van der Waals surface area contributed by atoms with Crippen LogP contribution < -0.4 is 5.73 Å². The molecule has 1 unspecified atom stereocenters. The van der Waals surface area contributed by atoms with E-state index in [4.69, 9.17) is 5.73 Å². The smallest absolute Gasteiger partial charge is 0.201 e. The fourth-order valence-electron chi connectivity index (χ4n) is 2.70. The molecule has 0 bridgehead atoms. The van der Waals surface area contributed by atoms with Gasteiger partial charge in [-0.25, -0.2) is 4.98 Å². The first kappa shape index (κ1) is 13.4. The van der Waals surface area contributed by atoms with Crippen LogP contribution in [0.25, 0.3) is 11.0 Å².